The lowest BCUT2D eigenvalue weighted by Gasteiger charge is -2.31. The van der Waals surface area contributed by atoms with E-state index >= 15 is 0 Å². The van der Waals surface area contributed by atoms with Gasteiger partial charge in [-0.2, -0.15) is 0 Å². The van der Waals surface area contributed by atoms with Gasteiger partial charge >= 0.3 is 0 Å². The maximum Gasteiger partial charge on any atom is 0.261 e. The van der Waals surface area contributed by atoms with Crippen LogP contribution in [0.2, 0.25) is 0 Å². The Morgan fingerprint density at radius 2 is 2.03 bits per heavy atom. The van der Waals surface area contributed by atoms with E-state index in [1.807, 2.05) is 12.1 Å². The van der Waals surface area contributed by atoms with Crippen molar-refractivity contribution in [2.45, 2.75) is 39.0 Å². The van der Waals surface area contributed by atoms with Gasteiger partial charge in [-0.3, -0.25) is 14.5 Å². The summed E-state index contributed by atoms with van der Waals surface area (Å²) in [6, 6.07) is 11.9. The van der Waals surface area contributed by atoms with Crippen molar-refractivity contribution in [1.29, 1.82) is 0 Å². The zero-order valence-corrected chi connectivity index (χ0v) is 17.5. The first kappa shape index (κ1) is 20.1. The Bertz CT molecular complexity index is 878. The summed E-state index contributed by atoms with van der Waals surface area (Å²) in [6.07, 6.45) is 2.21. The number of ether oxygens (including phenoxy) is 1. The summed E-state index contributed by atoms with van der Waals surface area (Å²) in [5.41, 5.74) is 2.32. The molecule has 1 unspecified atom stereocenters. The van der Waals surface area contributed by atoms with Crippen molar-refractivity contribution in [2.24, 2.45) is 5.92 Å². The van der Waals surface area contributed by atoms with Crippen LogP contribution in [0.1, 0.15) is 40.6 Å². The van der Waals surface area contributed by atoms with Gasteiger partial charge in [0.25, 0.3) is 5.91 Å². The standard InChI is InChI=1S/C22H27N3O3S/c1-15-13-25(9-10-28-15)14-17-4-2-3-16(11-17)12-23-22(27)19-7-8-20(29-19)24-21(26)18-5-6-18/h2-4,7-8,11,15,18H,5-6,9-10,12-14H2,1H3,(H,23,27)(H,24,26). The Morgan fingerprint density at radius 1 is 1.21 bits per heavy atom. The van der Waals surface area contributed by atoms with Gasteiger partial charge in [0.05, 0.1) is 22.6 Å². The summed E-state index contributed by atoms with van der Waals surface area (Å²) in [6.45, 7) is 6.15. The molecule has 1 saturated carbocycles. The second kappa shape index (κ2) is 9.07. The lowest BCUT2D eigenvalue weighted by molar-refractivity contribution is -0.117. The van der Waals surface area contributed by atoms with Crippen LogP contribution in [0.4, 0.5) is 5.00 Å². The molecule has 2 amide bonds. The molecule has 2 N–H and O–H groups in total. The fraction of sp³-hybridized carbons (Fsp3) is 0.455. The van der Waals surface area contributed by atoms with E-state index in [1.54, 1.807) is 12.1 Å². The minimum absolute atomic E-state index is 0.0604. The van der Waals surface area contributed by atoms with Crippen LogP contribution in [0.15, 0.2) is 36.4 Å². The van der Waals surface area contributed by atoms with Crippen LogP contribution in [0, 0.1) is 5.92 Å². The largest absolute Gasteiger partial charge is 0.376 e. The molecule has 6 nitrogen and oxygen atoms in total. The molecule has 1 aromatic carbocycles. The van der Waals surface area contributed by atoms with Gasteiger partial charge < -0.3 is 15.4 Å². The van der Waals surface area contributed by atoms with Gasteiger partial charge in [-0.1, -0.05) is 24.3 Å². The van der Waals surface area contributed by atoms with Crippen LogP contribution in [-0.2, 0) is 22.6 Å². The highest BCUT2D eigenvalue weighted by Gasteiger charge is 2.29. The lowest BCUT2D eigenvalue weighted by Crippen LogP contribution is -2.40. The summed E-state index contributed by atoms with van der Waals surface area (Å²) >= 11 is 1.31. The monoisotopic (exact) mass is 413 g/mol. The van der Waals surface area contributed by atoms with Crippen molar-refractivity contribution in [3.8, 4) is 0 Å². The van der Waals surface area contributed by atoms with Gasteiger partial charge in [0.1, 0.15) is 0 Å². The SMILES string of the molecule is CC1CN(Cc2cccc(CNC(=O)c3ccc(NC(=O)C4CC4)s3)c2)CCO1. The molecule has 1 saturated heterocycles. The smallest absolute Gasteiger partial charge is 0.261 e. The summed E-state index contributed by atoms with van der Waals surface area (Å²) < 4.78 is 5.60. The lowest BCUT2D eigenvalue weighted by atomic mass is 10.1. The molecule has 0 spiro atoms. The number of carbonyl (C=O) groups is 2. The first-order valence-corrected chi connectivity index (χ1v) is 11.0. The molecular weight excluding hydrogens is 386 g/mol. The van der Waals surface area contributed by atoms with Crippen molar-refractivity contribution < 1.29 is 14.3 Å². The van der Waals surface area contributed by atoms with Gasteiger partial charge in [0, 0.05) is 32.1 Å². The number of nitrogens with zero attached hydrogens (tertiary/aromatic N) is 1. The Balaban J connectivity index is 1.29. The fourth-order valence-electron chi connectivity index (χ4n) is 3.50. The van der Waals surface area contributed by atoms with Crippen LogP contribution < -0.4 is 10.6 Å². The van der Waals surface area contributed by atoms with Gasteiger partial charge in [0.2, 0.25) is 5.91 Å². The molecule has 1 aliphatic heterocycles. The molecule has 154 valence electrons. The quantitative estimate of drug-likeness (QED) is 0.731. The zero-order chi connectivity index (χ0) is 20.2. The van der Waals surface area contributed by atoms with Crippen molar-refractivity contribution in [2.75, 3.05) is 25.0 Å². The number of benzene rings is 1. The minimum Gasteiger partial charge on any atom is -0.376 e. The first-order chi connectivity index (χ1) is 14.1. The summed E-state index contributed by atoms with van der Waals surface area (Å²) in [5, 5.41) is 6.60. The number of rotatable bonds is 7. The van der Waals surface area contributed by atoms with Crippen LogP contribution >= 0.6 is 11.3 Å². The predicted octanol–water partition coefficient (Wildman–Crippen LogP) is 3.25. The van der Waals surface area contributed by atoms with Gasteiger partial charge in [-0.05, 0) is 43.0 Å². The Hall–Kier alpha value is -2.22. The molecule has 2 heterocycles. The molecule has 1 aliphatic carbocycles. The van der Waals surface area contributed by atoms with E-state index in [9.17, 15) is 9.59 Å². The highest BCUT2D eigenvalue weighted by molar-refractivity contribution is 7.18. The molecule has 1 aromatic heterocycles. The number of hydrogen-bond acceptors (Lipinski definition) is 5. The molecule has 2 fully saturated rings. The third kappa shape index (κ3) is 5.65. The molecular formula is C22H27N3O3S. The maximum absolute atomic E-state index is 12.5. The summed E-state index contributed by atoms with van der Waals surface area (Å²) in [7, 11) is 0. The average molecular weight is 414 g/mol. The van der Waals surface area contributed by atoms with E-state index in [4.69, 9.17) is 4.74 Å². The third-order valence-corrected chi connectivity index (χ3v) is 6.20. The fourth-order valence-corrected chi connectivity index (χ4v) is 4.32. The van der Waals surface area contributed by atoms with E-state index in [1.165, 1.54) is 16.9 Å². The number of morpholine rings is 1. The minimum atomic E-state index is -0.116. The average Bonchev–Trinajstić information content (AvgIpc) is 3.46. The van der Waals surface area contributed by atoms with E-state index in [0.29, 0.717) is 11.4 Å². The summed E-state index contributed by atoms with van der Waals surface area (Å²) in [4.78, 5) is 27.3. The Morgan fingerprint density at radius 3 is 2.83 bits per heavy atom. The normalized spacial score (nSPS) is 19.7. The number of carbonyl (C=O) groups excluding carboxylic acids is 2. The summed E-state index contributed by atoms with van der Waals surface area (Å²) in [5.74, 6) is 0.0990. The molecule has 2 aromatic rings. The number of thiophene rings is 1. The van der Waals surface area contributed by atoms with E-state index in [0.717, 1.165) is 49.6 Å². The maximum atomic E-state index is 12.5. The predicted molar refractivity (Wildman–Crippen MR) is 114 cm³/mol. The van der Waals surface area contributed by atoms with Crippen molar-refractivity contribution in [1.82, 2.24) is 10.2 Å². The molecule has 0 bridgehead atoms. The van der Waals surface area contributed by atoms with Crippen LogP contribution in [0.5, 0.6) is 0 Å². The van der Waals surface area contributed by atoms with Crippen LogP contribution in [0.25, 0.3) is 0 Å². The van der Waals surface area contributed by atoms with E-state index in [-0.39, 0.29) is 23.8 Å². The molecule has 7 heteroatoms. The highest BCUT2D eigenvalue weighted by atomic mass is 32.1. The molecule has 0 radical (unpaired) electrons. The number of nitrogens with one attached hydrogen (secondary N) is 2. The van der Waals surface area contributed by atoms with Gasteiger partial charge in [-0.25, -0.2) is 0 Å². The Kier molecular flexibility index (Phi) is 6.28. The van der Waals surface area contributed by atoms with Gasteiger partial charge in [0.15, 0.2) is 0 Å². The van der Waals surface area contributed by atoms with Gasteiger partial charge in [-0.15, -0.1) is 11.3 Å². The van der Waals surface area contributed by atoms with Crippen molar-refractivity contribution >= 4 is 28.2 Å². The second-order valence-corrected chi connectivity index (χ2v) is 8.93. The van der Waals surface area contributed by atoms with Crippen LogP contribution in [0.3, 0.4) is 0 Å². The molecule has 29 heavy (non-hydrogen) atoms. The number of amides is 2. The topological polar surface area (TPSA) is 70.7 Å². The van der Waals surface area contributed by atoms with Crippen molar-refractivity contribution in [3.05, 3.63) is 52.4 Å². The van der Waals surface area contributed by atoms with Crippen molar-refractivity contribution in [3.63, 3.8) is 0 Å². The molecule has 1 atom stereocenters. The highest BCUT2D eigenvalue weighted by Crippen LogP contribution is 2.31. The number of anilines is 1. The third-order valence-electron chi connectivity index (χ3n) is 5.20. The van der Waals surface area contributed by atoms with Crippen LogP contribution in [-0.4, -0.2) is 42.5 Å². The first-order valence-electron chi connectivity index (χ1n) is 10.2. The van der Waals surface area contributed by atoms with E-state index < -0.39 is 0 Å². The van der Waals surface area contributed by atoms with E-state index in [2.05, 4.69) is 34.6 Å². The molecule has 4 rings (SSSR count). The molecule has 2 aliphatic rings. The second-order valence-electron chi connectivity index (χ2n) is 7.85. The number of hydrogen-bond donors (Lipinski definition) is 2. The Labute approximate surface area is 175 Å². The zero-order valence-electron chi connectivity index (χ0n) is 16.6.